The molecule has 1 aromatic carbocycles. The van der Waals surface area contributed by atoms with E-state index in [9.17, 15) is 9.59 Å². The SMILES string of the molecule is C=CCSc1ncccc1C(=O)N1CCC(c2nc(C(=O)Nc3nc4ccccc4[nH]3)cs2)CC1. The first kappa shape index (κ1) is 23.3. The molecule has 0 atom stereocenters. The van der Waals surface area contributed by atoms with E-state index in [4.69, 9.17) is 0 Å². The molecular formula is C25H24N6O2S2. The smallest absolute Gasteiger partial charge is 0.277 e. The molecule has 178 valence electrons. The van der Waals surface area contributed by atoms with E-state index in [0.717, 1.165) is 33.9 Å². The first-order valence-corrected chi connectivity index (χ1v) is 13.2. The number of hydrogen-bond donors (Lipinski definition) is 2. The van der Waals surface area contributed by atoms with Gasteiger partial charge in [-0.05, 0) is 37.1 Å². The van der Waals surface area contributed by atoms with Crippen LogP contribution in [0.3, 0.4) is 0 Å². The molecule has 1 fully saturated rings. The minimum atomic E-state index is -0.291. The third-order valence-corrected chi connectivity index (χ3v) is 7.86. The number of para-hydroxylation sites is 2. The lowest BCUT2D eigenvalue weighted by atomic mass is 9.97. The maximum Gasteiger partial charge on any atom is 0.277 e. The van der Waals surface area contributed by atoms with E-state index in [1.165, 1.54) is 23.1 Å². The summed E-state index contributed by atoms with van der Waals surface area (Å²) in [5, 5.41) is 6.24. The Morgan fingerprint density at radius 1 is 1.20 bits per heavy atom. The molecule has 0 radical (unpaired) electrons. The number of piperidine rings is 1. The summed E-state index contributed by atoms with van der Waals surface area (Å²) in [5.74, 6) is 1.04. The van der Waals surface area contributed by atoms with Gasteiger partial charge in [-0.3, -0.25) is 14.9 Å². The number of hydrogen-bond acceptors (Lipinski definition) is 7. The van der Waals surface area contributed by atoms with Crippen LogP contribution in [0.15, 0.2) is 65.7 Å². The van der Waals surface area contributed by atoms with Crippen LogP contribution in [0.2, 0.25) is 0 Å². The van der Waals surface area contributed by atoms with Crippen LogP contribution in [0.25, 0.3) is 11.0 Å². The molecule has 0 saturated carbocycles. The van der Waals surface area contributed by atoms with Crippen molar-refractivity contribution in [3.05, 3.63) is 76.9 Å². The molecule has 0 aliphatic carbocycles. The van der Waals surface area contributed by atoms with Gasteiger partial charge in [0, 0.05) is 36.3 Å². The van der Waals surface area contributed by atoms with Crippen molar-refractivity contribution in [1.82, 2.24) is 24.8 Å². The summed E-state index contributed by atoms with van der Waals surface area (Å²) in [4.78, 5) is 44.2. The fourth-order valence-corrected chi connectivity index (χ4v) is 5.76. The minimum Gasteiger partial charge on any atom is -0.339 e. The lowest BCUT2D eigenvalue weighted by Crippen LogP contribution is -2.38. The number of rotatable bonds is 7. The van der Waals surface area contributed by atoms with Crippen molar-refractivity contribution in [1.29, 1.82) is 0 Å². The second-order valence-electron chi connectivity index (χ2n) is 8.15. The third kappa shape index (κ3) is 5.13. The van der Waals surface area contributed by atoms with E-state index in [1.807, 2.05) is 35.2 Å². The number of carbonyl (C=O) groups is 2. The number of fused-ring (bicyclic) bond motifs is 1. The number of imidazole rings is 1. The van der Waals surface area contributed by atoms with Crippen molar-refractivity contribution < 1.29 is 9.59 Å². The maximum atomic E-state index is 13.1. The van der Waals surface area contributed by atoms with E-state index < -0.39 is 0 Å². The second kappa shape index (κ2) is 10.4. The Hall–Kier alpha value is -3.50. The van der Waals surface area contributed by atoms with E-state index in [2.05, 4.69) is 31.8 Å². The van der Waals surface area contributed by atoms with Crippen LogP contribution in [-0.2, 0) is 0 Å². The number of benzene rings is 1. The van der Waals surface area contributed by atoms with E-state index in [0.29, 0.717) is 36.0 Å². The summed E-state index contributed by atoms with van der Waals surface area (Å²) in [6.07, 6.45) is 5.12. The summed E-state index contributed by atoms with van der Waals surface area (Å²) in [6, 6.07) is 11.2. The van der Waals surface area contributed by atoms with Crippen molar-refractivity contribution in [3.63, 3.8) is 0 Å². The summed E-state index contributed by atoms with van der Waals surface area (Å²) in [6.45, 7) is 5.03. The molecule has 1 aliphatic heterocycles. The lowest BCUT2D eigenvalue weighted by Gasteiger charge is -2.31. The van der Waals surface area contributed by atoms with Gasteiger partial charge in [0.25, 0.3) is 11.8 Å². The van der Waals surface area contributed by atoms with Crippen molar-refractivity contribution in [2.24, 2.45) is 0 Å². The molecular weight excluding hydrogens is 480 g/mol. The standard InChI is InChI=1S/C25H24N6O2S2/c1-2-14-34-23-17(6-5-11-26-23)24(33)31-12-9-16(10-13-31)22-27-20(15-35-22)21(32)30-25-28-18-7-3-4-8-19(18)29-25/h2-8,11,15-16H,1,9-10,12-14H2,(H2,28,29,30,32). The van der Waals surface area contributed by atoms with Crippen molar-refractivity contribution in [2.45, 2.75) is 23.8 Å². The largest absolute Gasteiger partial charge is 0.339 e. The summed E-state index contributed by atoms with van der Waals surface area (Å²) < 4.78 is 0. The zero-order valence-corrected chi connectivity index (χ0v) is 20.6. The van der Waals surface area contributed by atoms with Crippen molar-refractivity contribution in [2.75, 3.05) is 24.2 Å². The number of nitrogens with zero attached hydrogens (tertiary/aromatic N) is 4. The molecule has 4 heterocycles. The molecule has 8 nitrogen and oxygen atoms in total. The highest BCUT2D eigenvalue weighted by atomic mass is 32.2. The Labute approximate surface area is 210 Å². The normalized spacial score (nSPS) is 14.2. The van der Waals surface area contributed by atoms with E-state index in [1.54, 1.807) is 23.7 Å². The van der Waals surface area contributed by atoms with Crippen LogP contribution in [-0.4, -0.2) is 55.5 Å². The van der Waals surface area contributed by atoms with E-state index in [-0.39, 0.29) is 17.7 Å². The molecule has 1 aliphatic rings. The van der Waals surface area contributed by atoms with Crippen LogP contribution in [0.4, 0.5) is 5.95 Å². The second-order valence-corrected chi connectivity index (χ2v) is 10.0. The lowest BCUT2D eigenvalue weighted by molar-refractivity contribution is 0.0708. The zero-order valence-electron chi connectivity index (χ0n) is 18.9. The quantitative estimate of drug-likeness (QED) is 0.272. The van der Waals surface area contributed by atoms with Crippen LogP contribution in [0, 0.1) is 0 Å². The third-order valence-electron chi connectivity index (χ3n) is 5.85. The molecule has 2 amide bonds. The number of nitrogens with one attached hydrogen (secondary N) is 2. The summed E-state index contributed by atoms with van der Waals surface area (Å²) >= 11 is 3.00. The summed E-state index contributed by atoms with van der Waals surface area (Å²) in [7, 11) is 0. The highest BCUT2D eigenvalue weighted by Gasteiger charge is 2.28. The fraction of sp³-hybridized carbons (Fsp3) is 0.240. The molecule has 0 unspecified atom stereocenters. The molecule has 0 spiro atoms. The van der Waals surface area contributed by atoms with Crippen LogP contribution < -0.4 is 5.32 Å². The van der Waals surface area contributed by atoms with Gasteiger partial charge in [0.2, 0.25) is 5.95 Å². The van der Waals surface area contributed by atoms with Crippen molar-refractivity contribution in [3.8, 4) is 0 Å². The van der Waals surface area contributed by atoms with Gasteiger partial charge in [0.15, 0.2) is 0 Å². The van der Waals surface area contributed by atoms with Gasteiger partial charge in [-0.25, -0.2) is 15.0 Å². The number of thioether (sulfide) groups is 1. The van der Waals surface area contributed by atoms with Gasteiger partial charge < -0.3 is 9.88 Å². The zero-order chi connectivity index (χ0) is 24.2. The van der Waals surface area contributed by atoms with Crippen LogP contribution in [0.1, 0.15) is 44.6 Å². The number of anilines is 1. The molecule has 1 saturated heterocycles. The van der Waals surface area contributed by atoms with Crippen LogP contribution >= 0.6 is 23.1 Å². The van der Waals surface area contributed by atoms with Gasteiger partial charge in [-0.2, -0.15) is 0 Å². The van der Waals surface area contributed by atoms with Gasteiger partial charge >= 0.3 is 0 Å². The number of carbonyl (C=O) groups excluding carboxylic acids is 2. The molecule has 5 rings (SSSR count). The maximum absolute atomic E-state index is 13.1. The topological polar surface area (TPSA) is 104 Å². The minimum absolute atomic E-state index is 0.00755. The first-order valence-electron chi connectivity index (χ1n) is 11.3. The molecule has 2 N–H and O–H groups in total. The highest BCUT2D eigenvalue weighted by molar-refractivity contribution is 7.99. The average molecular weight is 505 g/mol. The number of H-pyrrole nitrogens is 1. The van der Waals surface area contributed by atoms with Gasteiger partial charge in [0.1, 0.15) is 10.7 Å². The molecule has 4 aromatic rings. The first-order chi connectivity index (χ1) is 17.1. The summed E-state index contributed by atoms with van der Waals surface area (Å²) in [5.41, 5.74) is 2.67. The Kier molecular flexibility index (Phi) is 6.91. The molecule has 10 heteroatoms. The number of amides is 2. The average Bonchev–Trinajstić information content (AvgIpc) is 3.54. The number of thiazole rings is 1. The number of likely N-dealkylation sites (tertiary alicyclic amines) is 1. The predicted octanol–water partition coefficient (Wildman–Crippen LogP) is 4.96. The Morgan fingerprint density at radius 3 is 2.83 bits per heavy atom. The van der Waals surface area contributed by atoms with Gasteiger partial charge in [-0.15, -0.1) is 29.7 Å². The molecule has 3 aromatic heterocycles. The Bertz CT molecular complexity index is 1340. The van der Waals surface area contributed by atoms with Crippen molar-refractivity contribution >= 4 is 51.9 Å². The Morgan fingerprint density at radius 2 is 2.03 bits per heavy atom. The van der Waals surface area contributed by atoms with Gasteiger partial charge in [-0.1, -0.05) is 18.2 Å². The van der Waals surface area contributed by atoms with Crippen LogP contribution in [0.5, 0.6) is 0 Å². The molecule has 0 bridgehead atoms. The van der Waals surface area contributed by atoms with Gasteiger partial charge in [0.05, 0.1) is 21.6 Å². The monoisotopic (exact) mass is 504 g/mol. The number of aromatic amines is 1. The highest BCUT2D eigenvalue weighted by Crippen LogP contribution is 2.32. The fourth-order valence-electron chi connectivity index (χ4n) is 4.07. The number of aromatic nitrogens is 4. The molecule has 35 heavy (non-hydrogen) atoms. The predicted molar refractivity (Wildman–Crippen MR) is 139 cm³/mol. The van der Waals surface area contributed by atoms with E-state index >= 15 is 0 Å². The number of pyridine rings is 1. The Balaban J connectivity index is 1.20.